The van der Waals surface area contributed by atoms with Crippen molar-refractivity contribution in [2.45, 2.75) is 6.92 Å². The number of nitrogens with zero attached hydrogens (tertiary/aromatic N) is 1. The number of aryl methyl sites for hydroxylation is 1. The van der Waals surface area contributed by atoms with Crippen LogP contribution in [0.25, 0.3) is 0 Å². The van der Waals surface area contributed by atoms with Gasteiger partial charge in [0, 0.05) is 11.8 Å². The zero-order valence-corrected chi connectivity index (χ0v) is 12.7. The molecule has 0 radical (unpaired) electrons. The highest BCUT2D eigenvalue weighted by Crippen LogP contribution is 2.24. The summed E-state index contributed by atoms with van der Waals surface area (Å²) in [7, 11) is 0. The van der Waals surface area contributed by atoms with E-state index in [9.17, 15) is 24.1 Å². The Bertz CT molecular complexity index is 774. The number of ether oxygens (including phenoxy) is 1. The lowest BCUT2D eigenvalue weighted by Crippen LogP contribution is -2.21. The smallest absolute Gasteiger partial charge is 0.349 e. The van der Waals surface area contributed by atoms with Crippen molar-refractivity contribution >= 4 is 33.9 Å². The highest BCUT2D eigenvalue weighted by molar-refractivity contribution is 7.17. The van der Waals surface area contributed by atoms with Gasteiger partial charge in [-0.1, -0.05) is 17.4 Å². The molecule has 0 spiro atoms. The number of esters is 1. The van der Waals surface area contributed by atoms with Crippen LogP contribution in [0, 0.1) is 22.9 Å². The number of halogens is 1. The van der Waals surface area contributed by atoms with Crippen LogP contribution in [0.3, 0.4) is 0 Å². The van der Waals surface area contributed by atoms with Crippen molar-refractivity contribution in [1.29, 1.82) is 0 Å². The van der Waals surface area contributed by atoms with E-state index in [1.54, 1.807) is 6.92 Å². The summed E-state index contributed by atoms with van der Waals surface area (Å²) < 4.78 is 17.9. The van der Waals surface area contributed by atoms with Crippen LogP contribution < -0.4 is 5.32 Å². The van der Waals surface area contributed by atoms with Crippen molar-refractivity contribution in [3.05, 3.63) is 56.7 Å². The third-order valence-corrected chi connectivity index (χ3v) is 3.80. The summed E-state index contributed by atoms with van der Waals surface area (Å²) in [4.78, 5) is 33.3. The summed E-state index contributed by atoms with van der Waals surface area (Å²) in [5, 5.41) is 12.8. The van der Waals surface area contributed by atoms with Crippen LogP contribution in [0.15, 0.2) is 30.3 Å². The van der Waals surface area contributed by atoms with Gasteiger partial charge in [-0.3, -0.25) is 14.9 Å². The number of carbonyl (C=O) groups is 2. The lowest BCUT2D eigenvalue weighted by atomic mass is 10.2. The Labute approximate surface area is 133 Å². The standard InChI is InChI=1S/C14H11FN2O5S/c1-8-2-3-9(15)6-10(8)16-12(18)7-22-14(19)11-4-5-13(23-11)17(20)21/h2-6H,7H2,1H3,(H,16,18). The summed E-state index contributed by atoms with van der Waals surface area (Å²) in [6.45, 7) is 1.10. The maximum atomic E-state index is 13.1. The number of hydrogen-bond acceptors (Lipinski definition) is 6. The van der Waals surface area contributed by atoms with E-state index in [1.165, 1.54) is 24.3 Å². The SMILES string of the molecule is Cc1ccc(F)cc1NC(=O)COC(=O)c1ccc([N+](=O)[O-])s1. The normalized spacial score (nSPS) is 10.2. The Morgan fingerprint density at radius 2 is 2.09 bits per heavy atom. The van der Waals surface area contributed by atoms with Gasteiger partial charge >= 0.3 is 11.0 Å². The van der Waals surface area contributed by atoms with Gasteiger partial charge < -0.3 is 10.1 Å². The minimum atomic E-state index is -0.839. The topological polar surface area (TPSA) is 98.5 Å². The van der Waals surface area contributed by atoms with E-state index in [0.29, 0.717) is 16.9 Å². The second-order valence-electron chi connectivity index (χ2n) is 4.48. The third kappa shape index (κ3) is 4.33. The Morgan fingerprint density at radius 3 is 2.74 bits per heavy atom. The molecule has 1 aromatic heterocycles. The van der Waals surface area contributed by atoms with Crippen LogP contribution in [0.2, 0.25) is 0 Å². The molecule has 0 aliphatic heterocycles. The van der Waals surface area contributed by atoms with E-state index < -0.39 is 29.2 Å². The van der Waals surface area contributed by atoms with Gasteiger partial charge in [0.05, 0.1) is 4.92 Å². The van der Waals surface area contributed by atoms with Crippen molar-refractivity contribution in [1.82, 2.24) is 0 Å². The van der Waals surface area contributed by atoms with Crippen LogP contribution in [0.1, 0.15) is 15.2 Å². The molecule has 0 fully saturated rings. The minimum Gasteiger partial charge on any atom is -0.451 e. The van der Waals surface area contributed by atoms with Crippen LogP contribution in [0.4, 0.5) is 15.1 Å². The number of amides is 1. The molecule has 2 rings (SSSR count). The quantitative estimate of drug-likeness (QED) is 0.513. The first kappa shape index (κ1) is 16.6. The fourth-order valence-electron chi connectivity index (χ4n) is 1.65. The fourth-order valence-corrected chi connectivity index (χ4v) is 2.37. The van der Waals surface area contributed by atoms with Crippen LogP contribution in [-0.2, 0) is 9.53 Å². The molecule has 120 valence electrons. The lowest BCUT2D eigenvalue weighted by Gasteiger charge is -2.08. The molecule has 23 heavy (non-hydrogen) atoms. The average Bonchev–Trinajstić information content (AvgIpc) is 2.99. The van der Waals surface area contributed by atoms with Crippen molar-refractivity contribution in [3.63, 3.8) is 0 Å². The summed E-state index contributed by atoms with van der Waals surface area (Å²) in [6, 6.07) is 6.34. The van der Waals surface area contributed by atoms with Gasteiger partial charge in [-0.2, -0.15) is 0 Å². The first-order chi connectivity index (χ1) is 10.9. The van der Waals surface area contributed by atoms with Gasteiger partial charge in [0.1, 0.15) is 10.7 Å². The Morgan fingerprint density at radius 1 is 1.35 bits per heavy atom. The zero-order valence-electron chi connectivity index (χ0n) is 11.9. The molecule has 0 atom stereocenters. The third-order valence-electron chi connectivity index (χ3n) is 2.78. The Hall–Kier alpha value is -2.81. The molecule has 1 amide bonds. The van der Waals surface area contributed by atoms with Crippen molar-refractivity contribution in [2.75, 3.05) is 11.9 Å². The van der Waals surface area contributed by atoms with Crippen molar-refractivity contribution in [3.8, 4) is 0 Å². The predicted octanol–water partition coefficient (Wildman–Crippen LogP) is 2.90. The maximum Gasteiger partial charge on any atom is 0.349 e. The molecule has 0 saturated carbocycles. The molecule has 1 aromatic carbocycles. The number of benzene rings is 1. The van der Waals surface area contributed by atoms with E-state index >= 15 is 0 Å². The van der Waals surface area contributed by atoms with Gasteiger partial charge in [0.15, 0.2) is 6.61 Å². The van der Waals surface area contributed by atoms with Gasteiger partial charge in [-0.25, -0.2) is 9.18 Å². The van der Waals surface area contributed by atoms with Crippen LogP contribution in [-0.4, -0.2) is 23.4 Å². The first-order valence-corrected chi connectivity index (χ1v) is 7.16. The highest BCUT2D eigenvalue weighted by atomic mass is 32.1. The van der Waals surface area contributed by atoms with Crippen molar-refractivity contribution in [2.24, 2.45) is 0 Å². The molecule has 7 nitrogen and oxygen atoms in total. The fraction of sp³-hybridized carbons (Fsp3) is 0.143. The maximum absolute atomic E-state index is 13.1. The Balaban J connectivity index is 1.92. The molecule has 0 unspecified atom stereocenters. The Kier molecular flexibility index (Phi) is 5.02. The van der Waals surface area contributed by atoms with Crippen LogP contribution in [0.5, 0.6) is 0 Å². The molecular weight excluding hydrogens is 327 g/mol. The zero-order chi connectivity index (χ0) is 17.0. The molecule has 0 aliphatic rings. The monoisotopic (exact) mass is 338 g/mol. The van der Waals surface area contributed by atoms with Gasteiger partial charge in [-0.05, 0) is 30.7 Å². The first-order valence-electron chi connectivity index (χ1n) is 6.34. The largest absolute Gasteiger partial charge is 0.451 e. The van der Waals surface area contributed by atoms with E-state index in [-0.39, 0.29) is 15.6 Å². The molecule has 1 heterocycles. The van der Waals surface area contributed by atoms with Crippen molar-refractivity contribution < 1.29 is 23.6 Å². The van der Waals surface area contributed by atoms with Gasteiger partial charge in [0.25, 0.3) is 5.91 Å². The number of anilines is 1. The number of hydrogen-bond donors (Lipinski definition) is 1. The molecule has 0 saturated heterocycles. The highest BCUT2D eigenvalue weighted by Gasteiger charge is 2.17. The molecular formula is C14H11FN2O5S. The molecule has 0 aliphatic carbocycles. The lowest BCUT2D eigenvalue weighted by molar-refractivity contribution is -0.380. The number of nitrogens with one attached hydrogen (secondary N) is 1. The summed E-state index contributed by atoms with van der Waals surface area (Å²) in [6.07, 6.45) is 0. The summed E-state index contributed by atoms with van der Waals surface area (Å²) in [5.41, 5.74) is 0.928. The van der Waals surface area contributed by atoms with E-state index in [4.69, 9.17) is 4.74 Å². The summed E-state index contributed by atoms with van der Waals surface area (Å²) >= 11 is 0.654. The molecule has 9 heteroatoms. The van der Waals surface area contributed by atoms with Gasteiger partial charge in [0.2, 0.25) is 0 Å². The number of thiophene rings is 1. The van der Waals surface area contributed by atoms with E-state index in [2.05, 4.69) is 5.32 Å². The number of carbonyl (C=O) groups excluding carboxylic acids is 2. The van der Waals surface area contributed by atoms with Gasteiger partial charge in [-0.15, -0.1) is 0 Å². The molecule has 0 bridgehead atoms. The number of rotatable bonds is 5. The molecule has 2 aromatic rings. The van der Waals surface area contributed by atoms with E-state index in [0.717, 1.165) is 6.07 Å². The average molecular weight is 338 g/mol. The predicted molar refractivity (Wildman–Crippen MR) is 81.0 cm³/mol. The minimum absolute atomic E-state index is 0.0198. The number of nitro groups is 1. The van der Waals surface area contributed by atoms with Crippen LogP contribution >= 0.6 is 11.3 Å². The second-order valence-corrected chi connectivity index (χ2v) is 5.54. The second kappa shape index (κ2) is 6.97. The van der Waals surface area contributed by atoms with E-state index in [1.807, 2.05) is 0 Å². The summed E-state index contributed by atoms with van der Waals surface area (Å²) in [5.74, 6) is -1.99. The molecule has 1 N–H and O–H groups in total.